The van der Waals surface area contributed by atoms with E-state index in [1.54, 1.807) is 12.1 Å². The van der Waals surface area contributed by atoms with Crippen LogP contribution < -0.4 is 5.32 Å². The van der Waals surface area contributed by atoms with Crippen LogP contribution in [0.4, 0.5) is 5.69 Å². The molecule has 2 N–H and O–H groups in total. The smallest absolute Gasteiger partial charge is 0.277 e. The molecule has 1 aliphatic heterocycles. The fraction of sp³-hybridized carbons (Fsp3) is 0.235. The normalized spacial score (nSPS) is 14.3. The molecule has 7 nitrogen and oxygen atoms in total. The Morgan fingerprint density at radius 2 is 1.92 bits per heavy atom. The number of oxazole rings is 1. The summed E-state index contributed by atoms with van der Waals surface area (Å²) in [4.78, 5) is 29.1. The molecule has 0 unspecified atom stereocenters. The number of hydrogen-bond acceptors (Lipinski definition) is 6. The van der Waals surface area contributed by atoms with E-state index in [9.17, 15) is 9.59 Å². The molecule has 0 atom stereocenters. The van der Waals surface area contributed by atoms with E-state index in [1.807, 2.05) is 26.0 Å². The molecule has 2 aromatic rings. The number of aryl methyl sites for hydroxylation is 2. The molecule has 1 aliphatic rings. The highest BCUT2D eigenvalue weighted by atomic mass is 16.4. The van der Waals surface area contributed by atoms with Crippen LogP contribution in [0, 0.1) is 13.8 Å². The van der Waals surface area contributed by atoms with Crippen molar-refractivity contribution in [2.75, 3.05) is 18.5 Å². The van der Waals surface area contributed by atoms with E-state index >= 15 is 0 Å². The molecule has 1 aromatic heterocycles. The third kappa shape index (κ3) is 2.93. The van der Waals surface area contributed by atoms with E-state index in [0.29, 0.717) is 11.6 Å². The fourth-order valence-corrected chi connectivity index (χ4v) is 2.36. The molecule has 1 aromatic carbocycles. The predicted molar refractivity (Wildman–Crippen MR) is 86.9 cm³/mol. The second-order valence-corrected chi connectivity index (χ2v) is 5.44. The minimum Gasteiger partial charge on any atom is -0.441 e. The molecular weight excluding hydrogens is 310 g/mol. The number of anilines is 1. The van der Waals surface area contributed by atoms with Crippen LogP contribution in [0.25, 0.3) is 11.5 Å². The van der Waals surface area contributed by atoms with Crippen molar-refractivity contribution < 1.29 is 19.1 Å². The number of nitrogens with one attached hydrogen (secondary N) is 1. The van der Waals surface area contributed by atoms with Gasteiger partial charge in [0, 0.05) is 17.3 Å². The maximum atomic E-state index is 12.1. The molecule has 7 heteroatoms. The van der Waals surface area contributed by atoms with Crippen LogP contribution in [0.3, 0.4) is 0 Å². The first-order chi connectivity index (χ1) is 11.5. The summed E-state index contributed by atoms with van der Waals surface area (Å²) in [5, 5.41) is 11.8. The zero-order valence-electron chi connectivity index (χ0n) is 13.4. The Kier molecular flexibility index (Phi) is 4.18. The zero-order valence-corrected chi connectivity index (χ0v) is 13.4. The number of β-amino-alcohol motifs (C(OH)–C–C–N with tert-alkyl or cyclic N) is 1. The van der Waals surface area contributed by atoms with Crippen molar-refractivity contribution in [1.29, 1.82) is 0 Å². The van der Waals surface area contributed by atoms with Gasteiger partial charge in [-0.05, 0) is 38.1 Å². The van der Waals surface area contributed by atoms with Crippen molar-refractivity contribution in [2.24, 2.45) is 0 Å². The van der Waals surface area contributed by atoms with Crippen molar-refractivity contribution in [3.8, 4) is 11.5 Å². The number of carbonyl (C=O) groups excluding carboxylic acids is 2. The van der Waals surface area contributed by atoms with E-state index < -0.39 is 11.8 Å². The number of aromatic nitrogens is 1. The summed E-state index contributed by atoms with van der Waals surface area (Å²) in [6.45, 7) is 3.46. The second kappa shape index (κ2) is 6.29. The summed E-state index contributed by atoms with van der Waals surface area (Å²) >= 11 is 0. The van der Waals surface area contributed by atoms with E-state index in [2.05, 4.69) is 10.3 Å². The Hall–Kier alpha value is -2.93. The van der Waals surface area contributed by atoms with Gasteiger partial charge in [0.25, 0.3) is 11.8 Å². The van der Waals surface area contributed by atoms with E-state index in [-0.39, 0.29) is 18.8 Å². The maximum Gasteiger partial charge on any atom is 0.277 e. The molecular formula is C17H17N3O4. The topological polar surface area (TPSA) is 95.7 Å². The Labute approximate surface area is 138 Å². The van der Waals surface area contributed by atoms with Gasteiger partial charge in [0.2, 0.25) is 5.89 Å². The average Bonchev–Trinajstić information content (AvgIpc) is 3.03. The Balaban J connectivity index is 1.74. The van der Waals surface area contributed by atoms with Gasteiger partial charge in [-0.2, -0.15) is 0 Å². The van der Waals surface area contributed by atoms with E-state index in [1.165, 1.54) is 6.08 Å². The molecule has 124 valence electrons. The average molecular weight is 327 g/mol. The van der Waals surface area contributed by atoms with E-state index in [4.69, 9.17) is 9.52 Å². The monoisotopic (exact) mass is 327 g/mol. The van der Waals surface area contributed by atoms with Crippen LogP contribution in [-0.2, 0) is 9.59 Å². The molecule has 0 radical (unpaired) electrons. The Morgan fingerprint density at radius 1 is 1.21 bits per heavy atom. The number of imide groups is 1. The lowest BCUT2D eigenvalue weighted by Crippen LogP contribution is -2.34. The first-order valence-electron chi connectivity index (χ1n) is 7.49. The summed E-state index contributed by atoms with van der Waals surface area (Å²) < 4.78 is 5.57. The SMILES string of the molecule is Cc1nc(-c2ccc(NC3=CC(=O)N(CCO)C3=O)cc2)oc1C. The zero-order chi connectivity index (χ0) is 17.3. The number of aliphatic hydroxyl groups excluding tert-OH is 1. The van der Waals surface area contributed by atoms with Crippen LogP contribution >= 0.6 is 0 Å². The first kappa shape index (κ1) is 15.9. The molecule has 3 rings (SSSR count). The van der Waals surface area contributed by atoms with Crippen LogP contribution in [0.5, 0.6) is 0 Å². The molecule has 24 heavy (non-hydrogen) atoms. The number of amides is 2. The maximum absolute atomic E-state index is 12.1. The number of nitrogens with zero attached hydrogens (tertiary/aromatic N) is 2. The predicted octanol–water partition coefficient (Wildman–Crippen LogP) is 1.62. The van der Waals surface area contributed by atoms with Gasteiger partial charge in [-0.25, -0.2) is 4.98 Å². The fourth-order valence-electron chi connectivity index (χ4n) is 2.36. The van der Waals surface area contributed by atoms with Gasteiger partial charge >= 0.3 is 0 Å². The minimum absolute atomic E-state index is 0.0127. The number of benzene rings is 1. The molecule has 2 heterocycles. The highest BCUT2D eigenvalue weighted by Gasteiger charge is 2.30. The number of aliphatic hydroxyl groups is 1. The van der Waals surface area contributed by atoms with Crippen molar-refractivity contribution in [3.05, 3.63) is 47.5 Å². The lowest BCUT2D eigenvalue weighted by molar-refractivity contribution is -0.137. The first-order valence-corrected chi connectivity index (χ1v) is 7.49. The Morgan fingerprint density at radius 3 is 2.50 bits per heavy atom. The Bertz CT molecular complexity index is 801. The van der Waals surface area contributed by atoms with Crippen LogP contribution in [0.2, 0.25) is 0 Å². The molecule has 0 bridgehead atoms. The third-order valence-electron chi connectivity index (χ3n) is 3.77. The molecule has 0 spiro atoms. The van der Waals surface area contributed by atoms with Gasteiger partial charge < -0.3 is 14.8 Å². The highest BCUT2D eigenvalue weighted by molar-refractivity contribution is 6.17. The third-order valence-corrected chi connectivity index (χ3v) is 3.77. The quantitative estimate of drug-likeness (QED) is 0.810. The van der Waals surface area contributed by atoms with E-state index in [0.717, 1.165) is 21.9 Å². The lowest BCUT2D eigenvalue weighted by Gasteiger charge is -2.13. The summed E-state index contributed by atoms with van der Waals surface area (Å²) in [5.41, 5.74) is 2.51. The van der Waals surface area contributed by atoms with Crippen molar-refractivity contribution in [1.82, 2.24) is 9.88 Å². The minimum atomic E-state index is -0.447. The van der Waals surface area contributed by atoms with Crippen molar-refractivity contribution in [3.63, 3.8) is 0 Å². The van der Waals surface area contributed by atoms with Crippen molar-refractivity contribution in [2.45, 2.75) is 13.8 Å². The largest absolute Gasteiger partial charge is 0.441 e. The molecule has 0 saturated carbocycles. The summed E-state index contributed by atoms with van der Waals surface area (Å²) in [7, 11) is 0. The van der Waals surface area contributed by atoms with Crippen molar-refractivity contribution >= 4 is 17.5 Å². The standard InChI is InChI=1S/C17H17N3O4/c1-10-11(2)24-16(18-10)12-3-5-13(6-4-12)19-14-9-15(22)20(7-8-21)17(14)23/h3-6,9,19,21H,7-8H2,1-2H3. The second-order valence-electron chi connectivity index (χ2n) is 5.44. The lowest BCUT2D eigenvalue weighted by atomic mass is 10.2. The molecule has 0 saturated heterocycles. The molecule has 0 fully saturated rings. The number of rotatable bonds is 5. The van der Waals surface area contributed by atoms with Crippen LogP contribution in [-0.4, -0.2) is 40.0 Å². The van der Waals surface area contributed by atoms with Gasteiger partial charge in [0.15, 0.2) is 0 Å². The van der Waals surface area contributed by atoms with Crippen LogP contribution in [0.1, 0.15) is 11.5 Å². The van der Waals surface area contributed by atoms with Crippen LogP contribution in [0.15, 0.2) is 40.5 Å². The van der Waals surface area contributed by atoms with Gasteiger partial charge in [0.05, 0.1) is 18.8 Å². The summed E-state index contributed by atoms with van der Waals surface area (Å²) in [5.74, 6) is 0.435. The summed E-state index contributed by atoms with van der Waals surface area (Å²) in [6, 6.07) is 7.19. The number of hydrogen-bond donors (Lipinski definition) is 2. The summed E-state index contributed by atoms with van der Waals surface area (Å²) in [6.07, 6.45) is 1.23. The van der Waals surface area contributed by atoms with Gasteiger partial charge in [-0.1, -0.05) is 0 Å². The van der Waals surface area contributed by atoms with Gasteiger partial charge in [0.1, 0.15) is 11.5 Å². The van der Waals surface area contributed by atoms with Gasteiger partial charge in [-0.3, -0.25) is 14.5 Å². The molecule has 2 amide bonds. The highest BCUT2D eigenvalue weighted by Crippen LogP contribution is 2.24. The molecule has 0 aliphatic carbocycles. The van der Waals surface area contributed by atoms with Gasteiger partial charge in [-0.15, -0.1) is 0 Å². The number of carbonyl (C=O) groups is 2.